The van der Waals surface area contributed by atoms with Crippen molar-refractivity contribution in [2.24, 2.45) is 5.73 Å². The SMILES string of the molecule is NCc1ccc(-c2nc(OCCN3CCNCC3)cnc2-c2ccc(-c3ccoc3)cc2)cc1. The molecule has 0 amide bonds. The second-order valence-corrected chi connectivity index (χ2v) is 8.34. The molecule has 7 heteroatoms. The lowest BCUT2D eigenvalue weighted by Crippen LogP contribution is -2.44. The molecule has 1 saturated heterocycles. The van der Waals surface area contributed by atoms with Crippen LogP contribution in [0.4, 0.5) is 0 Å². The Labute approximate surface area is 199 Å². The Morgan fingerprint density at radius 1 is 0.882 bits per heavy atom. The summed E-state index contributed by atoms with van der Waals surface area (Å²) in [6, 6.07) is 18.4. The van der Waals surface area contributed by atoms with Crippen LogP contribution in [0, 0.1) is 0 Å². The van der Waals surface area contributed by atoms with Crippen LogP contribution in [0.15, 0.2) is 77.7 Å². The quantitative estimate of drug-likeness (QED) is 0.418. The molecule has 174 valence electrons. The van der Waals surface area contributed by atoms with Crippen molar-refractivity contribution in [2.75, 3.05) is 39.3 Å². The molecule has 0 saturated carbocycles. The third kappa shape index (κ3) is 5.17. The molecule has 2 aromatic heterocycles. The molecule has 3 N–H and O–H groups in total. The summed E-state index contributed by atoms with van der Waals surface area (Å²) in [6.45, 7) is 6.10. The van der Waals surface area contributed by atoms with Crippen LogP contribution < -0.4 is 15.8 Å². The molecule has 3 heterocycles. The zero-order valence-electron chi connectivity index (χ0n) is 19.1. The molecule has 7 nitrogen and oxygen atoms in total. The number of hydrogen-bond acceptors (Lipinski definition) is 7. The standard InChI is InChI=1S/C27H29N5O2/c28-17-20-1-3-23(4-2-20)27-26(22-7-5-21(6-8-22)24-9-15-33-19-24)30-18-25(31-27)34-16-14-32-12-10-29-11-13-32/h1-9,15,18-19,29H,10-14,16-17,28H2. The van der Waals surface area contributed by atoms with Gasteiger partial charge in [0.1, 0.15) is 12.3 Å². The number of aromatic nitrogens is 2. The monoisotopic (exact) mass is 455 g/mol. The number of benzene rings is 2. The maximum absolute atomic E-state index is 6.01. The molecule has 0 atom stereocenters. The average Bonchev–Trinajstić information content (AvgIpc) is 3.45. The number of nitrogens with zero attached hydrogens (tertiary/aromatic N) is 3. The van der Waals surface area contributed by atoms with Gasteiger partial charge in [-0.1, -0.05) is 48.5 Å². The highest BCUT2D eigenvalue weighted by Gasteiger charge is 2.15. The molecule has 0 spiro atoms. The highest BCUT2D eigenvalue weighted by Crippen LogP contribution is 2.32. The summed E-state index contributed by atoms with van der Waals surface area (Å²) in [7, 11) is 0. The van der Waals surface area contributed by atoms with Gasteiger partial charge in [0.25, 0.3) is 0 Å². The fourth-order valence-corrected chi connectivity index (χ4v) is 4.12. The first kappa shape index (κ1) is 22.3. The second kappa shape index (κ2) is 10.6. The molecule has 1 aliphatic heterocycles. The van der Waals surface area contributed by atoms with Gasteiger partial charge in [0.2, 0.25) is 5.88 Å². The van der Waals surface area contributed by atoms with Gasteiger partial charge >= 0.3 is 0 Å². The Balaban J connectivity index is 1.41. The summed E-state index contributed by atoms with van der Waals surface area (Å²) in [5.74, 6) is 0.534. The largest absolute Gasteiger partial charge is 0.475 e. The van der Waals surface area contributed by atoms with Gasteiger partial charge in [-0.05, 0) is 17.2 Å². The normalized spacial score (nSPS) is 14.3. The summed E-state index contributed by atoms with van der Waals surface area (Å²) >= 11 is 0. The molecule has 5 rings (SSSR count). The smallest absolute Gasteiger partial charge is 0.232 e. The third-order valence-electron chi connectivity index (χ3n) is 6.09. The van der Waals surface area contributed by atoms with Crippen molar-refractivity contribution < 1.29 is 9.15 Å². The number of ether oxygens (including phenoxy) is 1. The predicted octanol–water partition coefficient (Wildman–Crippen LogP) is 3.81. The first-order valence-corrected chi connectivity index (χ1v) is 11.7. The zero-order valence-corrected chi connectivity index (χ0v) is 19.1. The first-order valence-electron chi connectivity index (χ1n) is 11.7. The Morgan fingerprint density at radius 3 is 2.29 bits per heavy atom. The van der Waals surface area contributed by atoms with Crippen molar-refractivity contribution in [2.45, 2.75) is 6.54 Å². The fourth-order valence-electron chi connectivity index (χ4n) is 4.12. The Morgan fingerprint density at radius 2 is 1.59 bits per heavy atom. The number of rotatable bonds is 8. The molecule has 0 unspecified atom stereocenters. The molecule has 0 aliphatic carbocycles. The predicted molar refractivity (Wildman–Crippen MR) is 133 cm³/mol. The fraction of sp³-hybridized carbons (Fsp3) is 0.259. The molecule has 1 fully saturated rings. The Bertz CT molecular complexity index is 1180. The van der Waals surface area contributed by atoms with E-state index in [-0.39, 0.29) is 0 Å². The van der Waals surface area contributed by atoms with Gasteiger partial charge in [0, 0.05) is 56.0 Å². The van der Waals surface area contributed by atoms with Gasteiger partial charge in [-0.15, -0.1) is 0 Å². The minimum atomic E-state index is 0.503. The van der Waals surface area contributed by atoms with Crippen molar-refractivity contribution >= 4 is 0 Å². The zero-order chi connectivity index (χ0) is 23.2. The molecule has 34 heavy (non-hydrogen) atoms. The second-order valence-electron chi connectivity index (χ2n) is 8.34. The Kier molecular flexibility index (Phi) is 6.95. The van der Waals surface area contributed by atoms with E-state index in [1.807, 2.05) is 30.3 Å². The van der Waals surface area contributed by atoms with Crippen LogP contribution in [-0.2, 0) is 6.54 Å². The summed E-state index contributed by atoms with van der Waals surface area (Å²) in [6.07, 6.45) is 5.14. The van der Waals surface area contributed by atoms with Crippen molar-refractivity contribution in [1.29, 1.82) is 0 Å². The van der Waals surface area contributed by atoms with Gasteiger partial charge in [-0.25, -0.2) is 9.97 Å². The van der Waals surface area contributed by atoms with Crippen LogP contribution in [0.3, 0.4) is 0 Å². The van der Waals surface area contributed by atoms with Crippen LogP contribution in [0.5, 0.6) is 5.88 Å². The van der Waals surface area contributed by atoms with Crippen LogP contribution in [0.1, 0.15) is 5.56 Å². The molecule has 0 radical (unpaired) electrons. The number of hydrogen-bond donors (Lipinski definition) is 2. The lowest BCUT2D eigenvalue weighted by atomic mass is 10.0. The lowest BCUT2D eigenvalue weighted by Gasteiger charge is -2.26. The summed E-state index contributed by atoms with van der Waals surface area (Å²) < 4.78 is 11.2. The number of piperazine rings is 1. The van der Waals surface area contributed by atoms with Crippen molar-refractivity contribution in [3.63, 3.8) is 0 Å². The molecule has 2 aromatic carbocycles. The molecule has 0 bridgehead atoms. The Hall–Kier alpha value is -3.52. The van der Waals surface area contributed by atoms with Gasteiger partial charge in [-0.2, -0.15) is 0 Å². The van der Waals surface area contributed by atoms with Crippen molar-refractivity contribution in [1.82, 2.24) is 20.2 Å². The van der Waals surface area contributed by atoms with E-state index in [0.717, 1.165) is 71.9 Å². The van der Waals surface area contributed by atoms with E-state index in [2.05, 4.69) is 34.5 Å². The minimum absolute atomic E-state index is 0.503. The molecular formula is C27H29N5O2. The number of nitrogens with two attached hydrogens (primary N) is 1. The van der Waals surface area contributed by atoms with Crippen molar-refractivity contribution in [3.8, 4) is 39.5 Å². The summed E-state index contributed by atoms with van der Waals surface area (Å²) in [5.41, 5.74) is 12.6. The first-order chi connectivity index (χ1) is 16.8. The number of nitrogens with one attached hydrogen (secondary N) is 1. The van der Waals surface area contributed by atoms with Crippen molar-refractivity contribution in [3.05, 3.63) is 78.9 Å². The average molecular weight is 456 g/mol. The molecule has 4 aromatic rings. The maximum atomic E-state index is 6.01. The summed E-state index contributed by atoms with van der Waals surface area (Å²) in [5, 5.41) is 3.37. The van der Waals surface area contributed by atoms with Crippen LogP contribution in [0.2, 0.25) is 0 Å². The van der Waals surface area contributed by atoms with E-state index >= 15 is 0 Å². The molecule has 1 aliphatic rings. The molecular weight excluding hydrogens is 426 g/mol. The van der Waals surface area contributed by atoms with Gasteiger partial charge in [0.15, 0.2) is 0 Å². The van der Waals surface area contributed by atoms with E-state index in [4.69, 9.17) is 24.9 Å². The van der Waals surface area contributed by atoms with Crippen LogP contribution in [0.25, 0.3) is 33.6 Å². The highest BCUT2D eigenvalue weighted by molar-refractivity contribution is 5.79. The van der Waals surface area contributed by atoms with E-state index in [0.29, 0.717) is 19.0 Å². The van der Waals surface area contributed by atoms with E-state index in [9.17, 15) is 0 Å². The minimum Gasteiger partial charge on any atom is -0.475 e. The van der Waals surface area contributed by atoms with Gasteiger partial charge in [-0.3, -0.25) is 4.90 Å². The third-order valence-corrected chi connectivity index (χ3v) is 6.09. The highest BCUT2D eigenvalue weighted by atomic mass is 16.5. The lowest BCUT2D eigenvalue weighted by molar-refractivity contribution is 0.188. The maximum Gasteiger partial charge on any atom is 0.232 e. The van der Waals surface area contributed by atoms with E-state index in [1.165, 1.54) is 0 Å². The van der Waals surface area contributed by atoms with Crippen LogP contribution in [-0.4, -0.2) is 54.2 Å². The summed E-state index contributed by atoms with van der Waals surface area (Å²) in [4.78, 5) is 12.0. The van der Waals surface area contributed by atoms with E-state index in [1.54, 1.807) is 18.7 Å². The van der Waals surface area contributed by atoms with Gasteiger partial charge in [0.05, 0.1) is 24.4 Å². The topological polar surface area (TPSA) is 89.4 Å². The number of furan rings is 1. The van der Waals surface area contributed by atoms with E-state index < -0.39 is 0 Å². The van der Waals surface area contributed by atoms with Gasteiger partial charge < -0.3 is 20.2 Å². The van der Waals surface area contributed by atoms with Crippen LogP contribution >= 0.6 is 0 Å².